The van der Waals surface area contributed by atoms with Crippen LogP contribution in [0.2, 0.25) is 10.0 Å². The summed E-state index contributed by atoms with van der Waals surface area (Å²) in [5, 5.41) is 4.64. The van der Waals surface area contributed by atoms with Crippen molar-refractivity contribution in [1.82, 2.24) is 5.32 Å². The van der Waals surface area contributed by atoms with Crippen LogP contribution in [0, 0.1) is 0 Å². The second kappa shape index (κ2) is 6.57. The average molecular weight is 387 g/mol. The fourth-order valence-corrected chi connectivity index (χ4v) is 2.73. The smallest absolute Gasteiger partial charge is 0.147 e. The molecule has 0 saturated heterocycles. The van der Waals surface area contributed by atoms with E-state index in [0.717, 1.165) is 22.3 Å². The fraction of sp³-hybridized carbons (Fsp3) is 0.250. The molecular formula is C16H14BrCl2NO. The summed E-state index contributed by atoms with van der Waals surface area (Å²) in [7, 11) is 0. The Morgan fingerprint density at radius 3 is 2.67 bits per heavy atom. The van der Waals surface area contributed by atoms with Crippen molar-refractivity contribution in [2.24, 2.45) is 0 Å². The minimum atomic E-state index is 0.545. The minimum Gasteiger partial charge on any atom is -0.455 e. The number of ether oxygens (including phenoxy) is 1. The molecule has 0 heterocycles. The van der Waals surface area contributed by atoms with Crippen LogP contribution in [0.4, 0.5) is 0 Å². The Balaban J connectivity index is 1.84. The van der Waals surface area contributed by atoms with Crippen LogP contribution in [-0.4, -0.2) is 6.04 Å². The van der Waals surface area contributed by atoms with Crippen LogP contribution in [0.25, 0.3) is 0 Å². The zero-order chi connectivity index (χ0) is 14.8. The third-order valence-electron chi connectivity index (χ3n) is 3.29. The SMILES string of the molecule is Clc1ccc(Cl)c(Oc2ccc(Br)cc2CNC2CC2)c1. The minimum absolute atomic E-state index is 0.545. The van der Waals surface area contributed by atoms with Gasteiger partial charge >= 0.3 is 0 Å². The van der Waals surface area contributed by atoms with Crippen LogP contribution in [-0.2, 0) is 6.54 Å². The molecule has 2 aromatic rings. The van der Waals surface area contributed by atoms with Crippen LogP contribution >= 0.6 is 39.1 Å². The molecule has 0 aliphatic heterocycles. The summed E-state index contributed by atoms with van der Waals surface area (Å²) in [5.41, 5.74) is 1.09. The molecule has 2 nitrogen and oxygen atoms in total. The Morgan fingerprint density at radius 2 is 1.90 bits per heavy atom. The number of hydrogen-bond acceptors (Lipinski definition) is 2. The lowest BCUT2D eigenvalue weighted by molar-refractivity contribution is 0.472. The molecule has 0 spiro atoms. The molecule has 3 rings (SSSR count). The number of hydrogen-bond donors (Lipinski definition) is 1. The first-order valence-corrected chi connectivity index (χ1v) is 8.31. The molecule has 0 aromatic heterocycles. The normalized spacial score (nSPS) is 14.2. The molecular weight excluding hydrogens is 373 g/mol. The summed E-state index contributed by atoms with van der Waals surface area (Å²) in [5.74, 6) is 1.36. The molecule has 1 fully saturated rings. The lowest BCUT2D eigenvalue weighted by Gasteiger charge is -2.13. The molecule has 1 saturated carbocycles. The van der Waals surface area contributed by atoms with Gasteiger partial charge in [-0.3, -0.25) is 0 Å². The van der Waals surface area contributed by atoms with Gasteiger partial charge < -0.3 is 10.1 Å². The van der Waals surface area contributed by atoms with E-state index < -0.39 is 0 Å². The van der Waals surface area contributed by atoms with Crippen molar-refractivity contribution in [3.63, 3.8) is 0 Å². The maximum Gasteiger partial charge on any atom is 0.147 e. The van der Waals surface area contributed by atoms with E-state index >= 15 is 0 Å². The molecule has 5 heteroatoms. The van der Waals surface area contributed by atoms with Gasteiger partial charge in [0.05, 0.1) is 5.02 Å². The number of halogens is 3. The molecule has 21 heavy (non-hydrogen) atoms. The van der Waals surface area contributed by atoms with Crippen LogP contribution < -0.4 is 10.1 Å². The van der Waals surface area contributed by atoms with Crippen LogP contribution in [0.3, 0.4) is 0 Å². The van der Waals surface area contributed by atoms with Crippen LogP contribution in [0.1, 0.15) is 18.4 Å². The highest BCUT2D eigenvalue weighted by Crippen LogP contribution is 2.34. The van der Waals surface area contributed by atoms with E-state index in [1.807, 2.05) is 12.1 Å². The Hall–Kier alpha value is -0.740. The molecule has 1 aliphatic rings. The fourth-order valence-electron chi connectivity index (χ4n) is 2.00. The van der Waals surface area contributed by atoms with E-state index in [9.17, 15) is 0 Å². The maximum absolute atomic E-state index is 6.16. The van der Waals surface area contributed by atoms with E-state index in [1.54, 1.807) is 18.2 Å². The Kier molecular flexibility index (Phi) is 4.75. The van der Waals surface area contributed by atoms with Crippen molar-refractivity contribution in [1.29, 1.82) is 0 Å². The molecule has 0 radical (unpaired) electrons. The van der Waals surface area contributed by atoms with E-state index in [-0.39, 0.29) is 0 Å². The number of rotatable bonds is 5. The van der Waals surface area contributed by atoms with Gasteiger partial charge in [-0.15, -0.1) is 0 Å². The van der Waals surface area contributed by atoms with Gasteiger partial charge in [-0.1, -0.05) is 39.1 Å². The number of benzene rings is 2. The first-order valence-electron chi connectivity index (χ1n) is 6.76. The summed E-state index contributed by atoms with van der Waals surface area (Å²) in [4.78, 5) is 0. The van der Waals surface area contributed by atoms with Crippen molar-refractivity contribution in [3.8, 4) is 11.5 Å². The molecule has 0 bridgehead atoms. The molecule has 0 unspecified atom stereocenters. The highest BCUT2D eigenvalue weighted by Gasteiger charge is 2.21. The topological polar surface area (TPSA) is 21.3 Å². The summed E-state index contributed by atoms with van der Waals surface area (Å²) in [6.07, 6.45) is 2.51. The second-order valence-corrected chi connectivity index (χ2v) is 6.84. The third kappa shape index (κ3) is 4.13. The van der Waals surface area contributed by atoms with E-state index in [2.05, 4.69) is 27.3 Å². The van der Waals surface area contributed by atoms with Crippen LogP contribution in [0.15, 0.2) is 40.9 Å². The molecule has 0 amide bonds. The molecule has 110 valence electrons. The Morgan fingerprint density at radius 1 is 1.10 bits per heavy atom. The first kappa shape index (κ1) is 15.2. The monoisotopic (exact) mass is 385 g/mol. The van der Waals surface area contributed by atoms with Crippen molar-refractivity contribution in [3.05, 3.63) is 56.5 Å². The van der Waals surface area contributed by atoms with Gasteiger partial charge in [0.25, 0.3) is 0 Å². The second-order valence-electron chi connectivity index (χ2n) is 5.08. The van der Waals surface area contributed by atoms with Gasteiger partial charge in [-0.05, 0) is 43.2 Å². The predicted octanol–water partition coefficient (Wildman–Crippen LogP) is 5.80. The zero-order valence-electron chi connectivity index (χ0n) is 11.2. The van der Waals surface area contributed by atoms with Gasteiger partial charge in [-0.2, -0.15) is 0 Å². The summed E-state index contributed by atoms with van der Waals surface area (Å²) in [6, 6.07) is 11.8. The van der Waals surface area contributed by atoms with Crippen molar-refractivity contribution in [2.45, 2.75) is 25.4 Å². The molecule has 1 aliphatic carbocycles. The summed E-state index contributed by atoms with van der Waals surface area (Å²) in [6.45, 7) is 0.775. The highest BCUT2D eigenvalue weighted by molar-refractivity contribution is 9.10. The lowest BCUT2D eigenvalue weighted by atomic mass is 10.2. The zero-order valence-corrected chi connectivity index (χ0v) is 14.3. The van der Waals surface area contributed by atoms with Crippen molar-refractivity contribution < 1.29 is 4.74 Å². The molecule has 1 N–H and O–H groups in total. The van der Waals surface area contributed by atoms with Crippen molar-refractivity contribution in [2.75, 3.05) is 0 Å². The number of nitrogens with one attached hydrogen (secondary N) is 1. The standard InChI is InChI=1S/C16H14BrCl2NO/c17-11-1-6-15(10(7-11)9-20-13-3-4-13)21-16-8-12(18)2-5-14(16)19/h1-2,5-8,13,20H,3-4,9H2. The Bertz CT molecular complexity index is 659. The van der Waals surface area contributed by atoms with Gasteiger partial charge in [0.2, 0.25) is 0 Å². The summed E-state index contributed by atoms with van der Waals surface area (Å²) < 4.78 is 6.98. The van der Waals surface area contributed by atoms with Gasteiger partial charge in [0.1, 0.15) is 11.5 Å². The van der Waals surface area contributed by atoms with Gasteiger partial charge in [-0.25, -0.2) is 0 Å². The van der Waals surface area contributed by atoms with E-state index in [0.29, 0.717) is 21.8 Å². The first-order chi connectivity index (χ1) is 10.1. The molecule has 0 atom stereocenters. The van der Waals surface area contributed by atoms with Gasteiger partial charge in [0.15, 0.2) is 0 Å². The van der Waals surface area contributed by atoms with Gasteiger partial charge in [0, 0.05) is 33.7 Å². The van der Waals surface area contributed by atoms with Crippen molar-refractivity contribution >= 4 is 39.1 Å². The largest absolute Gasteiger partial charge is 0.455 e. The lowest BCUT2D eigenvalue weighted by Crippen LogP contribution is -2.15. The quantitative estimate of drug-likeness (QED) is 0.700. The summed E-state index contributed by atoms with van der Waals surface area (Å²) >= 11 is 15.7. The van der Waals surface area contributed by atoms with E-state index in [4.69, 9.17) is 27.9 Å². The van der Waals surface area contributed by atoms with E-state index in [1.165, 1.54) is 12.8 Å². The third-order valence-corrected chi connectivity index (χ3v) is 4.33. The predicted molar refractivity (Wildman–Crippen MR) is 90.5 cm³/mol. The maximum atomic E-state index is 6.16. The highest BCUT2D eigenvalue weighted by atomic mass is 79.9. The van der Waals surface area contributed by atoms with Crippen LogP contribution in [0.5, 0.6) is 11.5 Å². The molecule has 2 aromatic carbocycles. The average Bonchev–Trinajstić information content (AvgIpc) is 3.27. The Labute approximate surface area is 142 Å².